The van der Waals surface area contributed by atoms with E-state index in [0.717, 1.165) is 19.4 Å². The minimum atomic E-state index is -0.466. The largest absolute Gasteiger partial charge is 0.472 e. The molecule has 1 aromatic rings. The lowest BCUT2D eigenvalue weighted by atomic mass is 10.1. The van der Waals surface area contributed by atoms with Crippen LogP contribution in [-0.4, -0.2) is 40.8 Å². The fourth-order valence-electron chi connectivity index (χ4n) is 2.11. The van der Waals surface area contributed by atoms with Gasteiger partial charge in [-0.05, 0) is 39.7 Å². The van der Waals surface area contributed by atoms with E-state index < -0.39 is 5.60 Å². The number of hydrogen-bond acceptors (Lipinski definition) is 4. The summed E-state index contributed by atoms with van der Waals surface area (Å²) >= 11 is 0. The van der Waals surface area contributed by atoms with Crippen LogP contribution in [0.2, 0.25) is 0 Å². The van der Waals surface area contributed by atoms with Crippen molar-refractivity contribution in [3.8, 4) is 5.88 Å². The molecule has 1 saturated heterocycles. The van der Waals surface area contributed by atoms with Crippen molar-refractivity contribution in [3.05, 3.63) is 24.4 Å². The van der Waals surface area contributed by atoms with Gasteiger partial charge in [0.1, 0.15) is 11.7 Å². The summed E-state index contributed by atoms with van der Waals surface area (Å²) in [6.45, 7) is 6.88. The second-order valence-corrected chi connectivity index (χ2v) is 5.98. The monoisotopic (exact) mass is 278 g/mol. The van der Waals surface area contributed by atoms with E-state index in [1.807, 2.05) is 39.0 Å². The molecular formula is C15H22N2O3. The van der Waals surface area contributed by atoms with E-state index in [4.69, 9.17) is 9.47 Å². The van der Waals surface area contributed by atoms with Gasteiger partial charge >= 0.3 is 6.09 Å². The topological polar surface area (TPSA) is 51.7 Å². The van der Waals surface area contributed by atoms with E-state index in [2.05, 4.69) is 4.98 Å². The number of likely N-dealkylation sites (tertiary alicyclic amines) is 1. The Morgan fingerprint density at radius 1 is 1.40 bits per heavy atom. The molecule has 1 fully saturated rings. The van der Waals surface area contributed by atoms with Gasteiger partial charge in [-0.2, -0.15) is 0 Å². The van der Waals surface area contributed by atoms with Crippen LogP contribution in [0.5, 0.6) is 5.88 Å². The van der Waals surface area contributed by atoms with Crippen LogP contribution in [0, 0.1) is 0 Å². The fraction of sp³-hybridized carbons (Fsp3) is 0.600. The fourth-order valence-corrected chi connectivity index (χ4v) is 2.11. The SMILES string of the molecule is CC(C)(C)OC(=O)N1CCC[C@H](Oc2ccccn2)C1. The third-order valence-corrected chi connectivity index (χ3v) is 2.96. The summed E-state index contributed by atoms with van der Waals surface area (Å²) in [5.41, 5.74) is -0.466. The molecule has 5 heteroatoms. The summed E-state index contributed by atoms with van der Waals surface area (Å²) < 4.78 is 11.2. The van der Waals surface area contributed by atoms with Crippen molar-refractivity contribution in [1.29, 1.82) is 0 Å². The first-order valence-electron chi connectivity index (χ1n) is 7.00. The van der Waals surface area contributed by atoms with Crippen molar-refractivity contribution >= 4 is 6.09 Å². The first kappa shape index (κ1) is 14.6. The number of carbonyl (C=O) groups is 1. The van der Waals surface area contributed by atoms with Gasteiger partial charge in [-0.3, -0.25) is 0 Å². The first-order valence-corrected chi connectivity index (χ1v) is 7.00. The third kappa shape index (κ3) is 4.40. The van der Waals surface area contributed by atoms with Gasteiger partial charge in [0, 0.05) is 18.8 Å². The molecule has 0 unspecified atom stereocenters. The maximum Gasteiger partial charge on any atom is 0.410 e. The molecule has 0 N–H and O–H groups in total. The molecule has 20 heavy (non-hydrogen) atoms. The summed E-state index contributed by atoms with van der Waals surface area (Å²) in [6, 6.07) is 5.56. The van der Waals surface area contributed by atoms with Crippen molar-refractivity contribution in [2.45, 2.75) is 45.3 Å². The van der Waals surface area contributed by atoms with Crippen molar-refractivity contribution < 1.29 is 14.3 Å². The number of piperidine rings is 1. The Bertz CT molecular complexity index is 442. The quantitative estimate of drug-likeness (QED) is 0.834. The number of aromatic nitrogens is 1. The van der Waals surface area contributed by atoms with Crippen LogP contribution in [0.25, 0.3) is 0 Å². The van der Waals surface area contributed by atoms with Crippen molar-refractivity contribution in [2.24, 2.45) is 0 Å². The Labute approximate surface area is 119 Å². The predicted octanol–water partition coefficient (Wildman–Crippen LogP) is 2.86. The van der Waals surface area contributed by atoms with Gasteiger partial charge in [0.15, 0.2) is 0 Å². The van der Waals surface area contributed by atoms with Gasteiger partial charge in [-0.25, -0.2) is 9.78 Å². The maximum atomic E-state index is 12.0. The van der Waals surface area contributed by atoms with E-state index in [-0.39, 0.29) is 12.2 Å². The van der Waals surface area contributed by atoms with Gasteiger partial charge in [-0.15, -0.1) is 0 Å². The molecule has 0 radical (unpaired) electrons. The molecule has 1 amide bonds. The number of rotatable bonds is 2. The van der Waals surface area contributed by atoms with Gasteiger partial charge in [0.25, 0.3) is 0 Å². The summed E-state index contributed by atoms with van der Waals surface area (Å²) in [7, 11) is 0. The van der Waals surface area contributed by atoms with Crippen molar-refractivity contribution in [3.63, 3.8) is 0 Å². The van der Waals surface area contributed by atoms with E-state index in [1.54, 1.807) is 11.1 Å². The molecule has 1 aliphatic rings. The number of pyridine rings is 1. The maximum absolute atomic E-state index is 12.0. The Balaban J connectivity index is 1.90. The normalized spacial score (nSPS) is 19.6. The van der Waals surface area contributed by atoms with E-state index in [1.165, 1.54) is 0 Å². The number of carbonyl (C=O) groups excluding carboxylic acids is 1. The van der Waals surface area contributed by atoms with Crippen molar-refractivity contribution in [1.82, 2.24) is 9.88 Å². The van der Waals surface area contributed by atoms with Crippen LogP contribution in [0.3, 0.4) is 0 Å². The average Bonchev–Trinajstić information content (AvgIpc) is 2.38. The summed E-state index contributed by atoms with van der Waals surface area (Å²) in [5.74, 6) is 0.600. The van der Waals surface area contributed by atoms with Crippen LogP contribution >= 0.6 is 0 Å². The number of nitrogens with zero attached hydrogens (tertiary/aromatic N) is 2. The Morgan fingerprint density at radius 3 is 2.85 bits per heavy atom. The lowest BCUT2D eigenvalue weighted by molar-refractivity contribution is 0.00722. The molecule has 0 saturated carbocycles. The highest BCUT2D eigenvalue weighted by atomic mass is 16.6. The highest BCUT2D eigenvalue weighted by Crippen LogP contribution is 2.18. The standard InChI is InChI=1S/C15H22N2O3/c1-15(2,3)20-14(18)17-10-6-7-12(11-17)19-13-8-4-5-9-16-13/h4-5,8-9,12H,6-7,10-11H2,1-3H3/t12-/m0/s1. The van der Waals surface area contributed by atoms with E-state index in [9.17, 15) is 4.79 Å². The minimum absolute atomic E-state index is 0.0221. The van der Waals surface area contributed by atoms with Crippen LogP contribution in [0.4, 0.5) is 4.79 Å². The van der Waals surface area contributed by atoms with Crippen LogP contribution in [-0.2, 0) is 4.74 Å². The smallest absolute Gasteiger partial charge is 0.410 e. The highest BCUT2D eigenvalue weighted by Gasteiger charge is 2.28. The van der Waals surface area contributed by atoms with Crippen LogP contribution in [0.15, 0.2) is 24.4 Å². The van der Waals surface area contributed by atoms with Crippen LogP contribution in [0.1, 0.15) is 33.6 Å². The molecule has 1 aromatic heterocycles. The second-order valence-electron chi connectivity index (χ2n) is 5.98. The zero-order chi connectivity index (χ0) is 14.6. The highest BCUT2D eigenvalue weighted by molar-refractivity contribution is 5.68. The zero-order valence-corrected chi connectivity index (χ0v) is 12.3. The molecule has 5 nitrogen and oxygen atoms in total. The lowest BCUT2D eigenvalue weighted by Crippen LogP contribution is -2.46. The third-order valence-electron chi connectivity index (χ3n) is 2.96. The Kier molecular flexibility index (Phi) is 4.47. The van der Waals surface area contributed by atoms with Crippen LogP contribution < -0.4 is 4.74 Å². The number of amides is 1. The minimum Gasteiger partial charge on any atom is -0.472 e. The van der Waals surface area contributed by atoms with Gasteiger partial charge in [-0.1, -0.05) is 6.07 Å². The lowest BCUT2D eigenvalue weighted by Gasteiger charge is -2.33. The van der Waals surface area contributed by atoms with E-state index in [0.29, 0.717) is 12.4 Å². The number of hydrogen-bond donors (Lipinski definition) is 0. The molecule has 1 atom stereocenters. The van der Waals surface area contributed by atoms with Gasteiger partial charge < -0.3 is 14.4 Å². The molecule has 0 aliphatic carbocycles. The predicted molar refractivity (Wildman–Crippen MR) is 75.7 cm³/mol. The summed E-state index contributed by atoms with van der Waals surface area (Å²) in [6.07, 6.45) is 3.24. The van der Waals surface area contributed by atoms with Gasteiger partial charge in [0.2, 0.25) is 5.88 Å². The Hall–Kier alpha value is -1.78. The second kappa shape index (κ2) is 6.11. The van der Waals surface area contributed by atoms with E-state index >= 15 is 0 Å². The number of ether oxygens (including phenoxy) is 2. The van der Waals surface area contributed by atoms with Crippen molar-refractivity contribution in [2.75, 3.05) is 13.1 Å². The molecule has 110 valence electrons. The molecule has 1 aliphatic heterocycles. The summed E-state index contributed by atoms with van der Waals surface area (Å²) in [4.78, 5) is 17.9. The molecule has 0 aromatic carbocycles. The average molecular weight is 278 g/mol. The first-order chi connectivity index (χ1) is 9.44. The summed E-state index contributed by atoms with van der Waals surface area (Å²) in [5, 5.41) is 0. The molecule has 2 heterocycles. The molecular weight excluding hydrogens is 256 g/mol. The zero-order valence-electron chi connectivity index (χ0n) is 12.3. The van der Waals surface area contributed by atoms with Gasteiger partial charge in [0.05, 0.1) is 6.54 Å². The molecule has 0 spiro atoms. The Morgan fingerprint density at radius 2 is 2.20 bits per heavy atom. The molecule has 0 bridgehead atoms. The molecule has 2 rings (SSSR count).